The van der Waals surface area contributed by atoms with Gasteiger partial charge in [0.2, 0.25) is 0 Å². The first-order valence-electron chi connectivity index (χ1n) is 4.57. The molecule has 1 nitrogen and oxygen atoms in total. The predicted octanol–water partition coefficient (Wildman–Crippen LogP) is 3.18. The molecular formula is C13H11N. The maximum atomic E-state index is 5.43. The fourth-order valence-corrected chi connectivity index (χ4v) is 1.62. The normalized spacial score (nSPS) is 10.9. The molecule has 0 saturated carbocycles. The van der Waals surface area contributed by atoms with Crippen LogP contribution in [0.2, 0.25) is 0 Å². The van der Waals surface area contributed by atoms with E-state index >= 15 is 0 Å². The molecule has 1 aromatic heterocycles. The standard InChI is InChI=1S/C13H11N/c1-3-7-10-11-8-5-6-9-13(11)14-12(10)4-2/h2-3,5-9,14H,1H3/b7-3-. The summed E-state index contributed by atoms with van der Waals surface area (Å²) >= 11 is 0. The van der Waals surface area contributed by atoms with Crippen molar-refractivity contribution in [2.45, 2.75) is 6.92 Å². The molecule has 14 heavy (non-hydrogen) atoms. The number of hydrogen-bond acceptors (Lipinski definition) is 0. The van der Waals surface area contributed by atoms with Gasteiger partial charge in [-0.1, -0.05) is 36.3 Å². The Morgan fingerprint density at radius 3 is 2.86 bits per heavy atom. The Morgan fingerprint density at radius 1 is 1.36 bits per heavy atom. The molecule has 0 amide bonds. The number of aromatic amines is 1. The van der Waals surface area contributed by atoms with Gasteiger partial charge in [0.25, 0.3) is 0 Å². The van der Waals surface area contributed by atoms with E-state index in [1.165, 1.54) is 5.39 Å². The lowest BCUT2D eigenvalue weighted by Crippen LogP contribution is -1.75. The van der Waals surface area contributed by atoms with Crippen LogP contribution in [0.5, 0.6) is 0 Å². The largest absolute Gasteiger partial charge is 0.348 e. The van der Waals surface area contributed by atoms with E-state index < -0.39 is 0 Å². The predicted molar refractivity (Wildman–Crippen MR) is 60.9 cm³/mol. The fraction of sp³-hybridized carbons (Fsp3) is 0.0769. The second-order valence-electron chi connectivity index (χ2n) is 3.10. The zero-order valence-electron chi connectivity index (χ0n) is 8.04. The van der Waals surface area contributed by atoms with Crippen molar-refractivity contribution < 1.29 is 0 Å². The quantitative estimate of drug-likeness (QED) is 0.650. The van der Waals surface area contributed by atoms with Gasteiger partial charge >= 0.3 is 0 Å². The number of aromatic nitrogens is 1. The monoisotopic (exact) mass is 181 g/mol. The van der Waals surface area contributed by atoms with Crippen LogP contribution in [0, 0.1) is 12.3 Å². The van der Waals surface area contributed by atoms with E-state index in [9.17, 15) is 0 Å². The van der Waals surface area contributed by atoms with Crippen LogP contribution in [-0.4, -0.2) is 4.98 Å². The van der Waals surface area contributed by atoms with Crippen LogP contribution in [0.25, 0.3) is 17.0 Å². The lowest BCUT2D eigenvalue weighted by Gasteiger charge is -1.90. The smallest absolute Gasteiger partial charge is 0.0974 e. The molecule has 0 saturated heterocycles. The minimum absolute atomic E-state index is 0.851. The molecule has 1 N–H and O–H groups in total. The molecule has 2 aromatic rings. The summed E-state index contributed by atoms with van der Waals surface area (Å²) in [5, 5.41) is 1.18. The van der Waals surface area contributed by atoms with Gasteiger partial charge in [-0.05, 0) is 13.0 Å². The average molecular weight is 181 g/mol. The lowest BCUT2D eigenvalue weighted by molar-refractivity contribution is 1.41. The Labute approximate surface area is 83.5 Å². The zero-order chi connectivity index (χ0) is 9.97. The number of rotatable bonds is 1. The highest BCUT2D eigenvalue weighted by atomic mass is 14.7. The number of hydrogen-bond donors (Lipinski definition) is 1. The van der Waals surface area contributed by atoms with Crippen molar-refractivity contribution >= 4 is 17.0 Å². The molecule has 0 fully saturated rings. The summed E-state index contributed by atoms with van der Waals surface area (Å²) in [6, 6.07) is 8.12. The van der Waals surface area contributed by atoms with Gasteiger partial charge in [0.05, 0.1) is 5.69 Å². The summed E-state index contributed by atoms with van der Waals surface area (Å²) < 4.78 is 0. The van der Waals surface area contributed by atoms with E-state index in [1.807, 2.05) is 37.3 Å². The first-order valence-corrected chi connectivity index (χ1v) is 4.57. The van der Waals surface area contributed by atoms with Crippen LogP contribution in [0.4, 0.5) is 0 Å². The molecule has 1 heterocycles. The number of fused-ring (bicyclic) bond motifs is 1. The molecule has 0 aliphatic carbocycles. The topological polar surface area (TPSA) is 15.8 Å². The molecule has 0 atom stereocenters. The molecule has 0 bridgehead atoms. The summed E-state index contributed by atoms with van der Waals surface area (Å²) in [5.41, 5.74) is 3.04. The molecule has 2 rings (SSSR count). The van der Waals surface area contributed by atoms with Crippen LogP contribution in [0.1, 0.15) is 18.2 Å². The van der Waals surface area contributed by atoms with Gasteiger partial charge < -0.3 is 4.98 Å². The van der Waals surface area contributed by atoms with Crippen molar-refractivity contribution in [2.75, 3.05) is 0 Å². The van der Waals surface area contributed by atoms with Crippen molar-refractivity contribution in [1.82, 2.24) is 4.98 Å². The minimum Gasteiger partial charge on any atom is -0.348 e. The second kappa shape index (κ2) is 3.43. The first-order chi connectivity index (χ1) is 6.86. The number of allylic oxidation sites excluding steroid dienone is 1. The van der Waals surface area contributed by atoms with Gasteiger partial charge in [0.15, 0.2) is 0 Å². The Bertz CT molecular complexity index is 524. The molecule has 0 unspecified atom stereocenters. The third-order valence-electron chi connectivity index (χ3n) is 2.22. The van der Waals surface area contributed by atoms with Crippen molar-refractivity contribution in [2.24, 2.45) is 0 Å². The zero-order valence-corrected chi connectivity index (χ0v) is 8.04. The Morgan fingerprint density at radius 2 is 2.14 bits per heavy atom. The molecular weight excluding hydrogens is 170 g/mol. The summed E-state index contributed by atoms with van der Waals surface area (Å²) in [7, 11) is 0. The van der Waals surface area contributed by atoms with Gasteiger partial charge in [-0.2, -0.15) is 0 Å². The molecule has 1 aromatic carbocycles. The number of benzene rings is 1. The highest BCUT2D eigenvalue weighted by Crippen LogP contribution is 2.22. The highest BCUT2D eigenvalue weighted by molar-refractivity contribution is 5.91. The van der Waals surface area contributed by atoms with E-state index in [4.69, 9.17) is 6.42 Å². The van der Waals surface area contributed by atoms with Crippen molar-refractivity contribution in [3.63, 3.8) is 0 Å². The highest BCUT2D eigenvalue weighted by Gasteiger charge is 2.05. The average Bonchev–Trinajstić information content (AvgIpc) is 2.58. The summed E-state index contributed by atoms with van der Waals surface area (Å²) in [5.74, 6) is 2.66. The summed E-state index contributed by atoms with van der Waals surface area (Å²) in [6.07, 6.45) is 9.46. The fourth-order valence-electron chi connectivity index (χ4n) is 1.62. The van der Waals surface area contributed by atoms with E-state index in [1.54, 1.807) is 0 Å². The molecule has 0 aliphatic heterocycles. The lowest BCUT2D eigenvalue weighted by atomic mass is 10.1. The first kappa shape index (κ1) is 8.65. The number of terminal acetylenes is 1. The number of H-pyrrole nitrogens is 1. The van der Waals surface area contributed by atoms with Gasteiger partial charge in [0.1, 0.15) is 0 Å². The summed E-state index contributed by atoms with van der Waals surface area (Å²) in [4.78, 5) is 3.21. The van der Waals surface area contributed by atoms with E-state index in [0.29, 0.717) is 0 Å². The Balaban J connectivity index is 2.82. The van der Waals surface area contributed by atoms with Crippen LogP contribution in [0.15, 0.2) is 30.3 Å². The molecule has 1 heteroatoms. The molecule has 68 valence electrons. The Kier molecular flexibility index (Phi) is 2.12. The van der Waals surface area contributed by atoms with Crippen LogP contribution >= 0.6 is 0 Å². The maximum Gasteiger partial charge on any atom is 0.0974 e. The van der Waals surface area contributed by atoms with Gasteiger partial charge in [-0.15, -0.1) is 6.42 Å². The molecule has 0 radical (unpaired) electrons. The van der Waals surface area contributed by atoms with Crippen molar-refractivity contribution in [1.29, 1.82) is 0 Å². The third-order valence-corrected chi connectivity index (χ3v) is 2.22. The van der Waals surface area contributed by atoms with Gasteiger partial charge in [-0.3, -0.25) is 0 Å². The minimum atomic E-state index is 0.851. The summed E-state index contributed by atoms with van der Waals surface area (Å²) in [6.45, 7) is 1.99. The third kappa shape index (κ3) is 1.22. The van der Waals surface area contributed by atoms with Crippen molar-refractivity contribution in [3.8, 4) is 12.3 Å². The van der Waals surface area contributed by atoms with Crippen LogP contribution in [0.3, 0.4) is 0 Å². The van der Waals surface area contributed by atoms with E-state index in [0.717, 1.165) is 16.8 Å². The molecule has 0 aliphatic rings. The van der Waals surface area contributed by atoms with E-state index in [-0.39, 0.29) is 0 Å². The van der Waals surface area contributed by atoms with Crippen LogP contribution < -0.4 is 0 Å². The van der Waals surface area contributed by atoms with Gasteiger partial charge in [0, 0.05) is 16.5 Å². The second-order valence-corrected chi connectivity index (χ2v) is 3.10. The van der Waals surface area contributed by atoms with Crippen LogP contribution in [-0.2, 0) is 0 Å². The van der Waals surface area contributed by atoms with E-state index in [2.05, 4.69) is 17.0 Å². The molecule has 0 spiro atoms. The SMILES string of the molecule is C#Cc1[nH]c2ccccc2c1/C=C\C. The van der Waals surface area contributed by atoms with Gasteiger partial charge in [-0.25, -0.2) is 0 Å². The number of para-hydroxylation sites is 1. The van der Waals surface area contributed by atoms with Crippen molar-refractivity contribution in [3.05, 3.63) is 41.6 Å². The number of nitrogens with one attached hydrogen (secondary N) is 1. The Hall–Kier alpha value is -1.94. The maximum absolute atomic E-state index is 5.43.